The first-order chi connectivity index (χ1) is 6.33. The summed E-state index contributed by atoms with van der Waals surface area (Å²) < 4.78 is 7.08. The van der Waals surface area contributed by atoms with Gasteiger partial charge in [-0.1, -0.05) is 6.07 Å². The number of ether oxygens (including phenoxy) is 1. The first-order valence-electron chi connectivity index (χ1n) is 4.15. The zero-order valence-corrected chi connectivity index (χ0v) is 7.53. The van der Waals surface area contributed by atoms with Crippen LogP contribution in [-0.2, 0) is 11.5 Å². The molecule has 0 bridgehead atoms. The van der Waals surface area contributed by atoms with Crippen LogP contribution in [0, 0.1) is 0 Å². The summed E-state index contributed by atoms with van der Waals surface area (Å²) in [7, 11) is 1.68. The summed E-state index contributed by atoms with van der Waals surface area (Å²) in [4.78, 5) is 0. The molecule has 0 spiro atoms. The van der Waals surface area contributed by atoms with Gasteiger partial charge in [0.1, 0.15) is 6.73 Å². The van der Waals surface area contributed by atoms with Crippen molar-refractivity contribution in [3.05, 3.63) is 30.5 Å². The lowest BCUT2D eigenvalue weighted by atomic mass is 10.2. The SMILES string of the molecule is COCn1ccc2c(N)cccc21. The Kier molecular flexibility index (Phi) is 1.94. The van der Waals surface area contributed by atoms with Crippen molar-refractivity contribution in [3.8, 4) is 0 Å². The molecule has 2 rings (SSSR count). The fourth-order valence-corrected chi connectivity index (χ4v) is 1.50. The highest BCUT2D eigenvalue weighted by Gasteiger charge is 2.01. The molecule has 0 aliphatic heterocycles. The summed E-state index contributed by atoms with van der Waals surface area (Å²) in [5.74, 6) is 0. The van der Waals surface area contributed by atoms with Crippen LogP contribution in [0.25, 0.3) is 10.9 Å². The van der Waals surface area contributed by atoms with Gasteiger partial charge >= 0.3 is 0 Å². The fourth-order valence-electron chi connectivity index (χ4n) is 1.50. The van der Waals surface area contributed by atoms with Crippen LogP contribution in [0.2, 0.25) is 0 Å². The Labute approximate surface area is 76.7 Å². The van der Waals surface area contributed by atoms with Crippen LogP contribution in [0.3, 0.4) is 0 Å². The van der Waals surface area contributed by atoms with Crippen molar-refractivity contribution in [2.24, 2.45) is 0 Å². The van der Waals surface area contributed by atoms with Gasteiger partial charge in [0.05, 0.1) is 5.52 Å². The molecule has 0 aliphatic carbocycles. The second-order valence-corrected chi connectivity index (χ2v) is 2.98. The van der Waals surface area contributed by atoms with Gasteiger partial charge in [-0.15, -0.1) is 0 Å². The maximum absolute atomic E-state index is 5.81. The van der Waals surface area contributed by atoms with Crippen molar-refractivity contribution < 1.29 is 4.74 Å². The van der Waals surface area contributed by atoms with E-state index >= 15 is 0 Å². The molecule has 13 heavy (non-hydrogen) atoms. The minimum absolute atomic E-state index is 0.562. The normalized spacial score (nSPS) is 10.8. The smallest absolute Gasteiger partial charge is 0.122 e. The molecule has 0 saturated carbocycles. The van der Waals surface area contributed by atoms with Crippen LogP contribution in [0.5, 0.6) is 0 Å². The van der Waals surface area contributed by atoms with Gasteiger partial charge in [-0.3, -0.25) is 0 Å². The largest absolute Gasteiger partial charge is 0.398 e. The van der Waals surface area contributed by atoms with E-state index in [-0.39, 0.29) is 0 Å². The van der Waals surface area contributed by atoms with Gasteiger partial charge in [-0.25, -0.2) is 0 Å². The Morgan fingerprint density at radius 1 is 1.38 bits per heavy atom. The van der Waals surface area contributed by atoms with Crippen LogP contribution >= 0.6 is 0 Å². The van der Waals surface area contributed by atoms with Gasteiger partial charge in [0, 0.05) is 24.4 Å². The zero-order chi connectivity index (χ0) is 9.26. The van der Waals surface area contributed by atoms with Crippen molar-refractivity contribution >= 4 is 16.6 Å². The summed E-state index contributed by atoms with van der Waals surface area (Å²) in [6.45, 7) is 0.562. The molecular formula is C10H12N2O. The van der Waals surface area contributed by atoms with E-state index in [1.165, 1.54) is 0 Å². The number of fused-ring (bicyclic) bond motifs is 1. The predicted octanol–water partition coefficient (Wildman–Crippen LogP) is 1.83. The van der Waals surface area contributed by atoms with E-state index in [1.54, 1.807) is 7.11 Å². The van der Waals surface area contributed by atoms with E-state index in [2.05, 4.69) is 0 Å². The van der Waals surface area contributed by atoms with Gasteiger partial charge in [0.25, 0.3) is 0 Å². The lowest BCUT2D eigenvalue weighted by Gasteiger charge is -2.03. The van der Waals surface area contributed by atoms with Crippen molar-refractivity contribution in [3.63, 3.8) is 0 Å². The summed E-state index contributed by atoms with van der Waals surface area (Å²) in [5.41, 5.74) is 7.74. The minimum atomic E-state index is 0.562. The van der Waals surface area contributed by atoms with E-state index in [0.717, 1.165) is 16.6 Å². The van der Waals surface area contributed by atoms with Crippen molar-refractivity contribution in [1.29, 1.82) is 0 Å². The summed E-state index contributed by atoms with van der Waals surface area (Å²) in [6.07, 6.45) is 1.98. The Morgan fingerprint density at radius 3 is 3.00 bits per heavy atom. The average Bonchev–Trinajstić information content (AvgIpc) is 2.51. The lowest BCUT2D eigenvalue weighted by Crippen LogP contribution is -1.97. The molecule has 1 heterocycles. The zero-order valence-electron chi connectivity index (χ0n) is 7.53. The molecule has 0 fully saturated rings. The summed E-state index contributed by atoms with van der Waals surface area (Å²) >= 11 is 0. The number of rotatable bonds is 2. The third-order valence-electron chi connectivity index (χ3n) is 2.12. The second-order valence-electron chi connectivity index (χ2n) is 2.98. The van der Waals surface area contributed by atoms with Crippen molar-refractivity contribution in [2.75, 3.05) is 12.8 Å². The van der Waals surface area contributed by atoms with Crippen LogP contribution in [0.4, 0.5) is 5.69 Å². The predicted molar refractivity (Wildman–Crippen MR) is 53.4 cm³/mol. The minimum Gasteiger partial charge on any atom is -0.398 e. The number of nitrogens with two attached hydrogens (primary N) is 1. The molecule has 0 amide bonds. The highest BCUT2D eigenvalue weighted by atomic mass is 16.5. The molecule has 1 aromatic carbocycles. The van der Waals surface area contributed by atoms with Gasteiger partial charge in [0.2, 0.25) is 0 Å². The summed E-state index contributed by atoms with van der Waals surface area (Å²) in [5, 5.41) is 1.08. The Bertz CT molecular complexity index is 420. The standard InChI is InChI=1S/C10H12N2O/c1-13-7-12-6-5-8-9(11)3-2-4-10(8)12/h2-6H,7,11H2,1H3. The van der Waals surface area contributed by atoms with Crippen molar-refractivity contribution in [1.82, 2.24) is 4.57 Å². The highest BCUT2D eigenvalue weighted by molar-refractivity contribution is 5.91. The number of methoxy groups -OCH3 is 1. The molecular weight excluding hydrogens is 164 g/mol. The van der Waals surface area contributed by atoms with Crippen LogP contribution in [0.1, 0.15) is 0 Å². The molecule has 0 radical (unpaired) electrons. The number of hydrogen-bond acceptors (Lipinski definition) is 2. The number of hydrogen-bond donors (Lipinski definition) is 1. The van der Waals surface area contributed by atoms with E-state index < -0.39 is 0 Å². The average molecular weight is 176 g/mol. The van der Waals surface area contributed by atoms with Gasteiger partial charge in [0.15, 0.2) is 0 Å². The molecule has 0 atom stereocenters. The second kappa shape index (κ2) is 3.11. The third kappa shape index (κ3) is 1.27. The number of aromatic nitrogens is 1. The molecule has 3 heteroatoms. The van der Waals surface area contributed by atoms with E-state index in [9.17, 15) is 0 Å². The van der Waals surface area contributed by atoms with Crippen molar-refractivity contribution in [2.45, 2.75) is 6.73 Å². The lowest BCUT2D eigenvalue weighted by molar-refractivity contribution is 0.135. The monoisotopic (exact) mass is 176 g/mol. The first kappa shape index (κ1) is 8.13. The Hall–Kier alpha value is -1.48. The number of nitrogen functional groups attached to an aromatic ring is 1. The topological polar surface area (TPSA) is 40.2 Å². The Morgan fingerprint density at radius 2 is 2.23 bits per heavy atom. The molecule has 0 aliphatic rings. The van der Waals surface area contributed by atoms with Gasteiger partial charge in [-0.05, 0) is 18.2 Å². The molecule has 68 valence electrons. The fraction of sp³-hybridized carbons (Fsp3) is 0.200. The van der Waals surface area contributed by atoms with E-state index in [0.29, 0.717) is 6.73 Å². The molecule has 0 saturated heterocycles. The molecule has 2 N–H and O–H groups in total. The number of nitrogens with zero attached hydrogens (tertiary/aromatic N) is 1. The Balaban J connectivity index is 2.61. The molecule has 3 nitrogen and oxygen atoms in total. The van der Waals surface area contributed by atoms with Gasteiger partial charge in [-0.2, -0.15) is 0 Å². The van der Waals surface area contributed by atoms with Crippen LogP contribution in [-0.4, -0.2) is 11.7 Å². The third-order valence-corrected chi connectivity index (χ3v) is 2.12. The van der Waals surface area contributed by atoms with Crippen LogP contribution in [0.15, 0.2) is 30.5 Å². The highest BCUT2D eigenvalue weighted by Crippen LogP contribution is 2.21. The maximum atomic E-state index is 5.81. The van der Waals surface area contributed by atoms with Gasteiger partial charge < -0.3 is 15.0 Å². The maximum Gasteiger partial charge on any atom is 0.122 e. The number of benzene rings is 1. The van der Waals surface area contributed by atoms with Crippen LogP contribution < -0.4 is 5.73 Å². The van der Waals surface area contributed by atoms with E-state index in [1.807, 2.05) is 35.0 Å². The first-order valence-corrected chi connectivity index (χ1v) is 4.15. The van der Waals surface area contributed by atoms with E-state index in [4.69, 9.17) is 10.5 Å². The molecule has 1 aromatic heterocycles. The quantitative estimate of drug-likeness (QED) is 0.709. The molecule has 2 aromatic rings. The summed E-state index contributed by atoms with van der Waals surface area (Å²) in [6, 6.07) is 7.89. The number of anilines is 1. The molecule has 0 unspecified atom stereocenters.